The molecule has 0 spiro atoms. The van der Waals surface area contributed by atoms with Gasteiger partial charge in [0.25, 0.3) is 0 Å². The molecule has 0 unspecified atom stereocenters. The van der Waals surface area contributed by atoms with Crippen LogP contribution in [0.5, 0.6) is 0 Å². The number of hydrogen-bond donors (Lipinski definition) is 1. The lowest BCUT2D eigenvalue weighted by molar-refractivity contribution is 0.899. The molecule has 1 heterocycles. The van der Waals surface area contributed by atoms with Crippen LogP contribution in [0, 0.1) is 0 Å². The van der Waals surface area contributed by atoms with Gasteiger partial charge in [0.05, 0.1) is 5.69 Å². The second kappa shape index (κ2) is 5.21. The highest BCUT2D eigenvalue weighted by atomic mass is 14.8. The van der Waals surface area contributed by atoms with Gasteiger partial charge in [-0.3, -0.25) is 4.98 Å². The number of nitrogens with two attached hydrogens (primary N) is 1. The summed E-state index contributed by atoms with van der Waals surface area (Å²) >= 11 is 0. The zero-order chi connectivity index (χ0) is 13.1. The largest absolute Gasteiger partial charge is 0.398 e. The van der Waals surface area contributed by atoms with Crippen LogP contribution < -0.4 is 5.73 Å². The number of nitrogens with zero attached hydrogens (tertiary/aromatic N) is 1. The van der Waals surface area contributed by atoms with E-state index < -0.39 is 0 Å². The van der Waals surface area contributed by atoms with E-state index in [1.165, 1.54) is 17.7 Å². The Labute approximate surface area is 109 Å². The van der Waals surface area contributed by atoms with Crippen LogP contribution in [0.4, 0.5) is 5.69 Å². The summed E-state index contributed by atoms with van der Waals surface area (Å²) in [5, 5.41) is 0. The molecule has 2 nitrogen and oxygen atoms in total. The quantitative estimate of drug-likeness (QED) is 0.818. The van der Waals surface area contributed by atoms with Crippen molar-refractivity contribution in [1.29, 1.82) is 0 Å². The fourth-order valence-electron chi connectivity index (χ4n) is 2.37. The average molecular weight is 240 g/mol. The summed E-state index contributed by atoms with van der Waals surface area (Å²) in [5.41, 5.74) is 12.5. The molecule has 0 aliphatic heterocycles. The van der Waals surface area contributed by atoms with E-state index >= 15 is 0 Å². The van der Waals surface area contributed by atoms with Crippen LogP contribution in [0.2, 0.25) is 0 Å². The van der Waals surface area contributed by atoms with E-state index in [0.29, 0.717) is 0 Å². The van der Waals surface area contributed by atoms with Crippen molar-refractivity contribution in [3.8, 4) is 0 Å². The molecule has 1 aromatic rings. The van der Waals surface area contributed by atoms with Crippen molar-refractivity contribution in [2.24, 2.45) is 0 Å². The van der Waals surface area contributed by atoms with Crippen molar-refractivity contribution in [2.75, 3.05) is 5.73 Å². The van der Waals surface area contributed by atoms with Gasteiger partial charge in [-0.25, -0.2) is 0 Å². The first-order chi connectivity index (χ1) is 8.61. The SMILES string of the molecule is C=C(C)/C=C(\C=CC)c1cc(N)c2c(n1)CCC2. The van der Waals surface area contributed by atoms with Crippen molar-refractivity contribution in [3.63, 3.8) is 0 Å². The molecule has 0 bridgehead atoms. The average Bonchev–Trinajstić information content (AvgIpc) is 2.76. The molecular weight excluding hydrogens is 220 g/mol. The first-order valence-corrected chi connectivity index (χ1v) is 6.40. The summed E-state index contributed by atoms with van der Waals surface area (Å²) in [6.45, 7) is 7.92. The molecule has 94 valence electrons. The van der Waals surface area contributed by atoms with Crippen LogP contribution in [0.15, 0.2) is 36.4 Å². The predicted octanol–water partition coefficient (Wildman–Crippen LogP) is 3.69. The molecule has 0 amide bonds. The Morgan fingerprint density at radius 2 is 2.22 bits per heavy atom. The van der Waals surface area contributed by atoms with E-state index in [4.69, 9.17) is 10.7 Å². The molecule has 0 fully saturated rings. The molecule has 2 N–H and O–H groups in total. The minimum absolute atomic E-state index is 0.879. The van der Waals surface area contributed by atoms with Gasteiger partial charge >= 0.3 is 0 Å². The van der Waals surface area contributed by atoms with Crippen molar-refractivity contribution in [1.82, 2.24) is 4.98 Å². The third-order valence-corrected chi connectivity index (χ3v) is 3.13. The van der Waals surface area contributed by atoms with Gasteiger partial charge in [0.2, 0.25) is 0 Å². The summed E-state index contributed by atoms with van der Waals surface area (Å²) in [5.74, 6) is 0. The number of anilines is 1. The number of aryl methyl sites for hydroxylation is 1. The molecule has 1 aliphatic carbocycles. The molecule has 2 rings (SSSR count). The molecular formula is C16H20N2. The maximum atomic E-state index is 6.12. The molecule has 2 heteroatoms. The fraction of sp³-hybridized carbons (Fsp3) is 0.312. The summed E-state index contributed by atoms with van der Waals surface area (Å²) < 4.78 is 0. The van der Waals surface area contributed by atoms with Crippen LogP contribution in [0.1, 0.15) is 37.2 Å². The van der Waals surface area contributed by atoms with Crippen molar-refractivity contribution < 1.29 is 0 Å². The number of nitrogen functional groups attached to an aromatic ring is 1. The Balaban J connectivity index is 2.49. The fourth-order valence-corrected chi connectivity index (χ4v) is 2.37. The van der Waals surface area contributed by atoms with E-state index in [1.807, 2.05) is 32.1 Å². The lowest BCUT2D eigenvalue weighted by atomic mass is 10.1. The maximum absolute atomic E-state index is 6.12. The van der Waals surface area contributed by atoms with Gasteiger partial charge in [-0.2, -0.15) is 0 Å². The van der Waals surface area contributed by atoms with Crippen LogP contribution in [0.3, 0.4) is 0 Å². The Morgan fingerprint density at radius 1 is 1.44 bits per heavy atom. The van der Waals surface area contributed by atoms with E-state index in [1.54, 1.807) is 0 Å². The Kier molecular flexibility index (Phi) is 3.66. The van der Waals surface area contributed by atoms with Gasteiger partial charge in [0.1, 0.15) is 0 Å². The van der Waals surface area contributed by atoms with Crippen LogP contribution in [-0.4, -0.2) is 4.98 Å². The molecule has 18 heavy (non-hydrogen) atoms. The topological polar surface area (TPSA) is 38.9 Å². The second-order valence-corrected chi connectivity index (χ2v) is 4.82. The third kappa shape index (κ3) is 2.53. The molecule has 1 aliphatic rings. The minimum Gasteiger partial charge on any atom is -0.398 e. The molecule has 0 radical (unpaired) electrons. The number of aromatic nitrogens is 1. The highest BCUT2D eigenvalue weighted by molar-refractivity contribution is 5.76. The van der Waals surface area contributed by atoms with Crippen molar-refractivity contribution >= 4 is 11.3 Å². The highest BCUT2D eigenvalue weighted by Crippen LogP contribution is 2.29. The highest BCUT2D eigenvalue weighted by Gasteiger charge is 2.17. The number of fused-ring (bicyclic) bond motifs is 1. The van der Waals surface area contributed by atoms with Crippen LogP contribution in [0.25, 0.3) is 5.57 Å². The van der Waals surface area contributed by atoms with E-state index in [0.717, 1.165) is 35.4 Å². The first kappa shape index (κ1) is 12.6. The summed E-state index contributed by atoms with van der Waals surface area (Å²) in [6.07, 6.45) is 9.39. The Bertz CT molecular complexity index is 536. The van der Waals surface area contributed by atoms with Gasteiger partial charge in [-0.15, -0.1) is 0 Å². The van der Waals surface area contributed by atoms with Crippen molar-refractivity contribution in [2.45, 2.75) is 33.1 Å². The van der Waals surface area contributed by atoms with Gasteiger partial charge in [0, 0.05) is 17.0 Å². The zero-order valence-electron chi connectivity index (χ0n) is 11.2. The number of allylic oxidation sites excluding steroid dienone is 5. The van der Waals surface area contributed by atoms with E-state index in [-0.39, 0.29) is 0 Å². The maximum Gasteiger partial charge on any atom is 0.0725 e. The van der Waals surface area contributed by atoms with Gasteiger partial charge in [0.15, 0.2) is 0 Å². The van der Waals surface area contributed by atoms with Gasteiger partial charge < -0.3 is 5.73 Å². The lowest BCUT2D eigenvalue weighted by Gasteiger charge is -2.09. The number of pyridine rings is 1. The van der Waals surface area contributed by atoms with E-state index in [9.17, 15) is 0 Å². The third-order valence-electron chi connectivity index (χ3n) is 3.13. The van der Waals surface area contributed by atoms with Crippen molar-refractivity contribution in [3.05, 3.63) is 53.4 Å². The summed E-state index contributed by atoms with van der Waals surface area (Å²) in [4.78, 5) is 4.75. The van der Waals surface area contributed by atoms with Gasteiger partial charge in [-0.1, -0.05) is 30.4 Å². The summed E-state index contributed by atoms with van der Waals surface area (Å²) in [7, 11) is 0. The van der Waals surface area contributed by atoms with Gasteiger partial charge in [-0.05, 0) is 44.7 Å². The standard InChI is InChI=1S/C16H20N2/c1-4-6-12(9-11(2)3)16-10-14(17)13-7-5-8-15(13)18-16/h4,6,9-10H,2,5,7-8H2,1,3H3,(H2,17,18)/b6-4?,12-9+. The minimum atomic E-state index is 0.879. The first-order valence-electron chi connectivity index (χ1n) is 6.40. The second-order valence-electron chi connectivity index (χ2n) is 4.82. The Morgan fingerprint density at radius 3 is 2.89 bits per heavy atom. The number of rotatable bonds is 3. The normalized spacial score (nSPS) is 15.1. The Hall–Kier alpha value is -1.83. The molecule has 0 saturated heterocycles. The summed E-state index contributed by atoms with van der Waals surface area (Å²) in [6, 6.07) is 1.99. The lowest BCUT2D eigenvalue weighted by Crippen LogP contribution is -2.00. The van der Waals surface area contributed by atoms with Crippen LogP contribution >= 0.6 is 0 Å². The molecule has 0 saturated carbocycles. The van der Waals surface area contributed by atoms with E-state index in [2.05, 4.69) is 12.7 Å². The predicted molar refractivity (Wildman–Crippen MR) is 78.3 cm³/mol. The van der Waals surface area contributed by atoms with Crippen LogP contribution in [-0.2, 0) is 12.8 Å². The molecule has 1 aromatic heterocycles. The number of hydrogen-bond acceptors (Lipinski definition) is 2. The monoisotopic (exact) mass is 240 g/mol. The smallest absolute Gasteiger partial charge is 0.0725 e. The zero-order valence-corrected chi connectivity index (χ0v) is 11.2. The molecule has 0 atom stereocenters. The molecule has 0 aromatic carbocycles.